The van der Waals surface area contributed by atoms with Crippen LogP contribution in [0.1, 0.15) is 33.0 Å². The Labute approximate surface area is 154 Å². The van der Waals surface area contributed by atoms with Crippen LogP contribution in [0.2, 0.25) is 0 Å². The van der Waals surface area contributed by atoms with Gasteiger partial charge in [-0.15, -0.1) is 0 Å². The van der Waals surface area contributed by atoms with E-state index in [1.54, 1.807) is 7.05 Å². The molecule has 0 bridgehead atoms. The number of nitrogens with one attached hydrogen (secondary N) is 3. The number of amides is 1. The molecule has 0 fully saturated rings. The van der Waals surface area contributed by atoms with Crippen LogP contribution in [0.5, 0.6) is 0 Å². The van der Waals surface area contributed by atoms with Gasteiger partial charge in [-0.3, -0.25) is 4.99 Å². The van der Waals surface area contributed by atoms with Gasteiger partial charge < -0.3 is 25.1 Å². The van der Waals surface area contributed by atoms with Gasteiger partial charge in [0.15, 0.2) is 5.96 Å². The van der Waals surface area contributed by atoms with E-state index in [1.807, 2.05) is 51.1 Å². The second-order valence-electron chi connectivity index (χ2n) is 6.89. The fourth-order valence-electron chi connectivity index (χ4n) is 2.32. The maximum absolute atomic E-state index is 11.5. The number of hydrogen-bond acceptors (Lipinski definition) is 4. The van der Waals surface area contributed by atoms with Gasteiger partial charge in [0.25, 0.3) is 0 Å². The molecule has 0 saturated carbocycles. The normalized spacial score (nSPS) is 12.1. The summed E-state index contributed by atoms with van der Waals surface area (Å²) >= 11 is 0. The topological polar surface area (TPSA) is 87.9 Å². The Morgan fingerprint density at radius 2 is 1.88 bits per heavy atom. The van der Waals surface area contributed by atoms with Gasteiger partial charge >= 0.3 is 6.09 Å². The predicted octanol–water partition coefficient (Wildman–Crippen LogP) is 3.01. The number of hydrogen-bond donors (Lipinski definition) is 3. The lowest BCUT2D eigenvalue weighted by Crippen LogP contribution is -2.38. The SMILES string of the molecule is CN=C(NCCCNC(=O)OC(C)(C)C)NCc1cc2ccccc2o1. The number of furan rings is 1. The van der Waals surface area contributed by atoms with Crippen molar-refractivity contribution < 1.29 is 13.9 Å². The van der Waals surface area contributed by atoms with Gasteiger partial charge in [-0.2, -0.15) is 0 Å². The molecule has 0 aliphatic carbocycles. The number of rotatable bonds is 6. The zero-order chi connectivity index (χ0) is 19.0. The first kappa shape index (κ1) is 19.6. The Morgan fingerprint density at radius 3 is 2.58 bits per heavy atom. The molecule has 7 nitrogen and oxygen atoms in total. The Balaban J connectivity index is 1.66. The van der Waals surface area contributed by atoms with Crippen molar-refractivity contribution in [1.82, 2.24) is 16.0 Å². The Hall–Kier alpha value is -2.70. The third-order valence-electron chi connectivity index (χ3n) is 3.44. The number of nitrogens with zero attached hydrogens (tertiary/aromatic N) is 1. The van der Waals surface area contributed by atoms with Crippen molar-refractivity contribution in [3.05, 3.63) is 36.1 Å². The number of benzene rings is 1. The van der Waals surface area contributed by atoms with Crippen molar-refractivity contribution in [3.63, 3.8) is 0 Å². The van der Waals surface area contributed by atoms with Crippen molar-refractivity contribution in [2.45, 2.75) is 39.3 Å². The molecule has 0 spiro atoms. The molecule has 1 heterocycles. The van der Waals surface area contributed by atoms with Crippen molar-refractivity contribution in [2.24, 2.45) is 4.99 Å². The van der Waals surface area contributed by atoms with E-state index in [2.05, 4.69) is 20.9 Å². The van der Waals surface area contributed by atoms with Crippen LogP contribution < -0.4 is 16.0 Å². The second-order valence-corrected chi connectivity index (χ2v) is 6.89. The highest BCUT2D eigenvalue weighted by molar-refractivity contribution is 5.80. The van der Waals surface area contributed by atoms with Crippen molar-refractivity contribution in [3.8, 4) is 0 Å². The lowest BCUT2D eigenvalue weighted by Gasteiger charge is -2.19. The summed E-state index contributed by atoms with van der Waals surface area (Å²) in [6, 6.07) is 9.92. The molecule has 0 unspecified atom stereocenters. The maximum atomic E-state index is 11.5. The van der Waals surface area contributed by atoms with Gasteiger partial charge in [0.05, 0.1) is 6.54 Å². The minimum Gasteiger partial charge on any atom is -0.459 e. The zero-order valence-corrected chi connectivity index (χ0v) is 15.9. The molecule has 7 heteroatoms. The van der Waals surface area contributed by atoms with E-state index in [1.165, 1.54) is 0 Å². The fourth-order valence-corrected chi connectivity index (χ4v) is 2.32. The van der Waals surface area contributed by atoms with Crippen LogP contribution in [0.4, 0.5) is 4.79 Å². The van der Waals surface area contributed by atoms with Crippen molar-refractivity contribution in [1.29, 1.82) is 0 Å². The van der Waals surface area contributed by atoms with E-state index < -0.39 is 11.7 Å². The maximum Gasteiger partial charge on any atom is 0.407 e. The Bertz CT molecular complexity index is 714. The smallest absolute Gasteiger partial charge is 0.407 e. The first-order valence-electron chi connectivity index (χ1n) is 8.76. The van der Waals surface area contributed by atoms with Crippen LogP contribution in [0.3, 0.4) is 0 Å². The molecule has 1 amide bonds. The summed E-state index contributed by atoms with van der Waals surface area (Å²) in [7, 11) is 1.72. The highest BCUT2D eigenvalue weighted by atomic mass is 16.6. The van der Waals surface area contributed by atoms with Crippen LogP contribution in [0.15, 0.2) is 39.7 Å². The fraction of sp³-hybridized carbons (Fsp3) is 0.474. The van der Waals surface area contributed by atoms with Gasteiger partial charge in [0.1, 0.15) is 16.9 Å². The average Bonchev–Trinajstić information content (AvgIpc) is 2.98. The minimum absolute atomic E-state index is 0.398. The standard InChI is InChI=1S/C19H28N4O3/c1-19(2,3)26-18(24)22-11-7-10-21-17(20-4)23-13-15-12-14-8-5-6-9-16(14)25-15/h5-6,8-9,12H,7,10-11,13H2,1-4H3,(H,22,24)(H2,20,21,23). The van der Waals surface area contributed by atoms with Crippen LogP contribution in [0, 0.1) is 0 Å². The molecule has 0 atom stereocenters. The van der Waals surface area contributed by atoms with Crippen LogP contribution >= 0.6 is 0 Å². The molecular weight excluding hydrogens is 332 g/mol. The van der Waals surface area contributed by atoms with E-state index >= 15 is 0 Å². The molecule has 1 aromatic carbocycles. The van der Waals surface area contributed by atoms with E-state index in [0.717, 1.165) is 23.2 Å². The summed E-state index contributed by atoms with van der Waals surface area (Å²) in [4.78, 5) is 15.7. The molecule has 142 valence electrons. The minimum atomic E-state index is -0.481. The number of guanidine groups is 1. The molecule has 0 radical (unpaired) electrons. The molecular formula is C19H28N4O3. The summed E-state index contributed by atoms with van der Waals surface area (Å²) in [5, 5.41) is 10.2. The first-order valence-corrected chi connectivity index (χ1v) is 8.76. The first-order chi connectivity index (χ1) is 12.4. The number of carbonyl (C=O) groups excluding carboxylic acids is 1. The van der Waals surface area contributed by atoms with Crippen molar-refractivity contribution >= 4 is 23.0 Å². The third-order valence-corrected chi connectivity index (χ3v) is 3.44. The number of carbonyl (C=O) groups is 1. The monoisotopic (exact) mass is 360 g/mol. The molecule has 0 saturated heterocycles. The lowest BCUT2D eigenvalue weighted by atomic mass is 10.2. The summed E-state index contributed by atoms with van der Waals surface area (Å²) in [6.07, 6.45) is 0.356. The number of fused-ring (bicyclic) bond motifs is 1. The quantitative estimate of drug-likeness (QED) is 0.419. The summed E-state index contributed by atoms with van der Waals surface area (Å²) in [5.41, 5.74) is 0.394. The van der Waals surface area contributed by atoms with E-state index in [-0.39, 0.29) is 0 Å². The van der Waals surface area contributed by atoms with Gasteiger partial charge in [-0.1, -0.05) is 18.2 Å². The summed E-state index contributed by atoms with van der Waals surface area (Å²) < 4.78 is 10.9. The van der Waals surface area contributed by atoms with Gasteiger partial charge in [-0.05, 0) is 39.3 Å². The third kappa shape index (κ3) is 6.66. The molecule has 26 heavy (non-hydrogen) atoms. The Morgan fingerprint density at radius 1 is 1.15 bits per heavy atom. The van der Waals surface area contributed by atoms with Crippen molar-refractivity contribution in [2.75, 3.05) is 20.1 Å². The number of para-hydroxylation sites is 1. The van der Waals surface area contributed by atoms with Crippen LogP contribution in [-0.2, 0) is 11.3 Å². The largest absolute Gasteiger partial charge is 0.459 e. The number of alkyl carbamates (subject to hydrolysis) is 1. The molecule has 3 N–H and O–H groups in total. The highest BCUT2D eigenvalue weighted by Crippen LogP contribution is 2.18. The molecule has 2 aromatic rings. The number of aliphatic imine (C=N–C) groups is 1. The summed E-state index contributed by atoms with van der Waals surface area (Å²) in [5.74, 6) is 1.53. The predicted molar refractivity (Wildman–Crippen MR) is 103 cm³/mol. The molecule has 0 aliphatic heterocycles. The summed E-state index contributed by atoms with van der Waals surface area (Å²) in [6.45, 7) is 7.27. The second kappa shape index (κ2) is 9.12. The van der Waals surface area contributed by atoms with E-state index in [4.69, 9.17) is 9.15 Å². The van der Waals surface area contributed by atoms with Gasteiger partial charge in [-0.25, -0.2) is 4.79 Å². The van der Waals surface area contributed by atoms with Gasteiger partial charge in [0, 0.05) is 25.5 Å². The molecule has 2 rings (SSSR count). The lowest BCUT2D eigenvalue weighted by molar-refractivity contribution is 0.0527. The molecule has 1 aromatic heterocycles. The van der Waals surface area contributed by atoms with Crippen LogP contribution in [-0.4, -0.2) is 37.8 Å². The Kier molecular flexibility index (Phi) is 6.89. The zero-order valence-electron chi connectivity index (χ0n) is 15.9. The van der Waals surface area contributed by atoms with E-state index in [0.29, 0.717) is 25.6 Å². The average molecular weight is 360 g/mol. The van der Waals surface area contributed by atoms with Gasteiger partial charge in [0.2, 0.25) is 0 Å². The van der Waals surface area contributed by atoms with Crippen LogP contribution in [0.25, 0.3) is 11.0 Å². The van der Waals surface area contributed by atoms with E-state index in [9.17, 15) is 4.79 Å². The molecule has 0 aliphatic rings. The highest BCUT2D eigenvalue weighted by Gasteiger charge is 2.15. The number of ether oxygens (including phenoxy) is 1.